The summed E-state index contributed by atoms with van der Waals surface area (Å²) in [5.41, 5.74) is 0.415. The third-order valence-electron chi connectivity index (χ3n) is 2.73. The van der Waals surface area contributed by atoms with Crippen LogP contribution in [0.25, 0.3) is 0 Å². The van der Waals surface area contributed by atoms with Gasteiger partial charge in [0.05, 0.1) is 12.0 Å². The molecule has 1 unspecified atom stereocenters. The molecule has 0 aliphatic rings. The number of nitro benzene ring substituents is 1. The third-order valence-corrected chi connectivity index (χ3v) is 2.73. The van der Waals surface area contributed by atoms with E-state index in [1.54, 1.807) is 19.1 Å². The zero-order chi connectivity index (χ0) is 15.1. The van der Waals surface area contributed by atoms with Gasteiger partial charge in [0.25, 0.3) is 0 Å². The van der Waals surface area contributed by atoms with Crippen LogP contribution < -0.4 is 10.1 Å². The number of benzene rings is 1. The van der Waals surface area contributed by atoms with E-state index in [0.717, 1.165) is 0 Å². The molecule has 20 heavy (non-hydrogen) atoms. The molecule has 0 aromatic heterocycles. The van der Waals surface area contributed by atoms with E-state index in [2.05, 4.69) is 10.1 Å². The summed E-state index contributed by atoms with van der Waals surface area (Å²) in [7, 11) is 1.28. The number of nitrogens with zero attached hydrogens (tertiary/aromatic N) is 1. The molecule has 1 atom stereocenters. The lowest BCUT2D eigenvalue weighted by atomic mass is 10.2. The van der Waals surface area contributed by atoms with E-state index in [1.807, 2.05) is 6.92 Å². The molecule has 7 nitrogen and oxygen atoms in total. The van der Waals surface area contributed by atoms with E-state index in [4.69, 9.17) is 4.74 Å². The molecular weight excluding hydrogens is 264 g/mol. The van der Waals surface area contributed by atoms with Crippen LogP contribution in [0.2, 0.25) is 0 Å². The molecule has 0 aliphatic carbocycles. The van der Waals surface area contributed by atoms with Crippen LogP contribution in [0.4, 0.5) is 5.69 Å². The molecule has 110 valence electrons. The minimum absolute atomic E-state index is 0.0369. The van der Waals surface area contributed by atoms with Gasteiger partial charge in [0.15, 0.2) is 5.75 Å². The van der Waals surface area contributed by atoms with E-state index in [9.17, 15) is 14.9 Å². The summed E-state index contributed by atoms with van der Waals surface area (Å²) in [6, 6.07) is 4.14. The van der Waals surface area contributed by atoms with Crippen LogP contribution in [0.5, 0.6) is 5.75 Å². The van der Waals surface area contributed by atoms with Gasteiger partial charge in [-0.3, -0.25) is 14.9 Å². The van der Waals surface area contributed by atoms with Gasteiger partial charge in [-0.25, -0.2) is 0 Å². The van der Waals surface area contributed by atoms with Crippen molar-refractivity contribution in [3.8, 4) is 5.75 Å². The zero-order valence-corrected chi connectivity index (χ0v) is 11.7. The topological polar surface area (TPSA) is 90.7 Å². The minimum Gasteiger partial charge on any atom is -0.485 e. The maximum absolute atomic E-state index is 11.5. The molecule has 1 aromatic rings. The highest BCUT2D eigenvalue weighted by Crippen LogP contribution is 2.30. The molecule has 1 aromatic carbocycles. The normalized spacial score (nSPS) is 11.8. The summed E-state index contributed by atoms with van der Waals surface area (Å²) in [4.78, 5) is 22.0. The van der Waals surface area contributed by atoms with Crippen LogP contribution in [0, 0.1) is 17.0 Å². The first kappa shape index (κ1) is 15.9. The molecule has 0 aliphatic heterocycles. The molecule has 0 saturated carbocycles. The number of rotatable bonds is 7. The number of likely N-dealkylation sites (N-methyl/N-ethyl adjacent to an activating group) is 1. The summed E-state index contributed by atoms with van der Waals surface area (Å²) in [6.45, 7) is 3.99. The highest BCUT2D eigenvalue weighted by molar-refractivity contribution is 5.75. The average Bonchev–Trinajstić information content (AvgIpc) is 2.42. The van der Waals surface area contributed by atoms with Crippen LogP contribution in [-0.2, 0) is 9.53 Å². The van der Waals surface area contributed by atoms with Gasteiger partial charge in [-0.2, -0.15) is 0 Å². The van der Waals surface area contributed by atoms with Crippen molar-refractivity contribution >= 4 is 11.7 Å². The fourth-order valence-corrected chi connectivity index (χ4v) is 1.75. The molecule has 0 radical (unpaired) electrons. The summed E-state index contributed by atoms with van der Waals surface area (Å²) < 4.78 is 10.1. The number of carbonyl (C=O) groups is 1. The highest BCUT2D eigenvalue weighted by Gasteiger charge is 2.22. The molecule has 0 spiro atoms. The fraction of sp³-hybridized carbons (Fsp3) is 0.462. The number of esters is 1. The first-order valence-electron chi connectivity index (χ1n) is 6.19. The van der Waals surface area contributed by atoms with Crippen LogP contribution in [0.15, 0.2) is 18.2 Å². The van der Waals surface area contributed by atoms with Crippen LogP contribution in [-0.4, -0.2) is 37.2 Å². The number of nitro groups is 1. The SMILES string of the molecule is CCNC(COc1cccc(C)c1[N+](=O)[O-])C(=O)OC. The Hall–Kier alpha value is -2.15. The van der Waals surface area contributed by atoms with Gasteiger partial charge in [-0.05, 0) is 19.5 Å². The average molecular weight is 282 g/mol. The molecule has 1 N–H and O–H groups in total. The van der Waals surface area contributed by atoms with E-state index < -0.39 is 16.9 Å². The quantitative estimate of drug-likeness (QED) is 0.462. The Kier molecular flexibility index (Phi) is 5.92. The molecule has 0 bridgehead atoms. The van der Waals surface area contributed by atoms with Gasteiger partial charge in [-0.15, -0.1) is 0 Å². The number of para-hydroxylation sites is 1. The van der Waals surface area contributed by atoms with Crippen molar-refractivity contribution in [3.05, 3.63) is 33.9 Å². The maximum atomic E-state index is 11.5. The molecule has 0 amide bonds. The second-order valence-electron chi connectivity index (χ2n) is 4.12. The monoisotopic (exact) mass is 282 g/mol. The third kappa shape index (κ3) is 3.92. The second kappa shape index (κ2) is 7.44. The van der Waals surface area contributed by atoms with E-state index >= 15 is 0 Å². The number of nitrogens with one attached hydrogen (secondary N) is 1. The van der Waals surface area contributed by atoms with E-state index in [1.165, 1.54) is 13.2 Å². The standard InChI is InChI=1S/C13H18N2O5/c1-4-14-10(13(16)19-3)8-20-11-7-5-6-9(2)12(11)15(17)18/h5-7,10,14H,4,8H2,1-3H3. The number of aryl methyl sites for hydroxylation is 1. The van der Waals surface area contributed by atoms with Crippen molar-refractivity contribution in [2.24, 2.45) is 0 Å². The maximum Gasteiger partial charge on any atom is 0.326 e. The van der Waals surface area contributed by atoms with Crippen molar-refractivity contribution < 1.29 is 19.2 Å². The Balaban J connectivity index is 2.85. The molecule has 7 heteroatoms. The lowest BCUT2D eigenvalue weighted by molar-refractivity contribution is -0.386. The predicted molar refractivity (Wildman–Crippen MR) is 72.8 cm³/mol. The number of carbonyl (C=O) groups excluding carboxylic acids is 1. The van der Waals surface area contributed by atoms with Gasteiger partial charge in [0, 0.05) is 5.56 Å². The molecule has 0 fully saturated rings. The lowest BCUT2D eigenvalue weighted by Gasteiger charge is -2.16. The van der Waals surface area contributed by atoms with Crippen LogP contribution in [0.3, 0.4) is 0 Å². The molecule has 0 saturated heterocycles. The Morgan fingerprint density at radius 1 is 1.50 bits per heavy atom. The number of hydrogen-bond donors (Lipinski definition) is 1. The summed E-state index contributed by atoms with van der Waals surface area (Å²) in [6.07, 6.45) is 0. The first-order chi connectivity index (χ1) is 9.51. The van der Waals surface area contributed by atoms with Gasteiger partial charge in [0.1, 0.15) is 12.6 Å². The zero-order valence-electron chi connectivity index (χ0n) is 11.7. The summed E-state index contributed by atoms with van der Waals surface area (Å²) in [5, 5.41) is 13.9. The minimum atomic E-state index is -0.662. The number of ether oxygens (including phenoxy) is 2. The smallest absolute Gasteiger partial charge is 0.326 e. The molecule has 0 heterocycles. The predicted octanol–water partition coefficient (Wildman–Crippen LogP) is 1.43. The van der Waals surface area contributed by atoms with Crippen molar-refractivity contribution in [1.82, 2.24) is 5.32 Å². The fourth-order valence-electron chi connectivity index (χ4n) is 1.75. The summed E-state index contributed by atoms with van der Waals surface area (Å²) >= 11 is 0. The Bertz CT molecular complexity index is 490. The highest BCUT2D eigenvalue weighted by atomic mass is 16.6. The van der Waals surface area contributed by atoms with Crippen molar-refractivity contribution in [3.63, 3.8) is 0 Å². The first-order valence-corrected chi connectivity index (χ1v) is 6.19. The molecular formula is C13H18N2O5. The summed E-state index contributed by atoms with van der Waals surface area (Å²) in [5.74, 6) is -0.330. The van der Waals surface area contributed by atoms with Gasteiger partial charge in [-0.1, -0.05) is 19.1 Å². The van der Waals surface area contributed by atoms with Crippen molar-refractivity contribution in [2.75, 3.05) is 20.3 Å². The number of methoxy groups -OCH3 is 1. The lowest BCUT2D eigenvalue weighted by Crippen LogP contribution is -2.42. The van der Waals surface area contributed by atoms with E-state index in [-0.39, 0.29) is 18.0 Å². The Labute approximate surface area is 117 Å². The largest absolute Gasteiger partial charge is 0.485 e. The van der Waals surface area contributed by atoms with Crippen molar-refractivity contribution in [2.45, 2.75) is 19.9 Å². The van der Waals surface area contributed by atoms with Crippen LogP contribution >= 0.6 is 0 Å². The van der Waals surface area contributed by atoms with Gasteiger partial charge < -0.3 is 14.8 Å². The van der Waals surface area contributed by atoms with E-state index in [0.29, 0.717) is 12.1 Å². The van der Waals surface area contributed by atoms with Gasteiger partial charge >= 0.3 is 11.7 Å². The Morgan fingerprint density at radius 3 is 2.75 bits per heavy atom. The van der Waals surface area contributed by atoms with Crippen LogP contribution in [0.1, 0.15) is 12.5 Å². The second-order valence-corrected chi connectivity index (χ2v) is 4.12. The number of hydrogen-bond acceptors (Lipinski definition) is 6. The Morgan fingerprint density at radius 2 is 2.20 bits per heavy atom. The van der Waals surface area contributed by atoms with Gasteiger partial charge in [0.2, 0.25) is 0 Å². The van der Waals surface area contributed by atoms with Crippen molar-refractivity contribution in [1.29, 1.82) is 0 Å². The molecule has 1 rings (SSSR count).